The molecule has 1 N–H and O–H groups in total. The maximum absolute atomic E-state index is 15.0. The zero-order chi connectivity index (χ0) is 21.8. The van der Waals surface area contributed by atoms with Gasteiger partial charge in [-0.2, -0.15) is 5.10 Å². The lowest BCUT2D eigenvalue weighted by atomic mass is 9.94. The number of hydrogen-bond donors (Lipinski definition) is 1. The van der Waals surface area contributed by atoms with Crippen molar-refractivity contribution in [2.24, 2.45) is 0 Å². The molecule has 2 fully saturated rings. The minimum Gasteiger partial charge on any atom is -0.359 e. The number of halogens is 3. The summed E-state index contributed by atoms with van der Waals surface area (Å²) < 4.78 is 44.0. The molecule has 5 rings (SSSR count). The molecule has 1 aliphatic carbocycles. The summed E-state index contributed by atoms with van der Waals surface area (Å²) in [7, 11) is 0. The summed E-state index contributed by atoms with van der Waals surface area (Å²) in [5.74, 6) is -3.56. The van der Waals surface area contributed by atoms with Crippen LogP contribution in [0.4, 0.5) is 24.5 Å². The number of rotatable bonds is 5. The zero-order valence-electron chi connectivity index (χ0n) is 16.8. The van der Waals surface area contributed by atoms with Crippen molar-refractivity contribution >= 4 is 17.3 Å². The predicted octanol–water partition coefficient (Wildman–Crippen LogP) is 4.50. The minimum absolute atomic E-state index is 0.266. The van der Waals surface area contributed by atoms with Gasteiger partial charge in [0.15, 0.2) is 0 Å². The first-order valence-electron chi connectivity index (χ1n) is 10.0. The largest absolute Gasteiger partial charge is 0.359 e. The van der Waals surface area contributed by atoms with E-state index < -0.39 is 24.8 Å². The molecular weight excluding hydrogens is 407 g/mol. The van der Waals surface area contributed by atoms with Crippen LogP contribution in [0.3, 0.4) is 0 Å². The highest BCUT2D eigenvalue weighted by atomic mass is 19.3. The van der Waals surface area contributed by atoms with Gasteiger partial charge in [-0.1, -0.05) is 0 Å². The van der Waals surface area contributed by atoms with Gasteiger partial charge in [-0.15, -0.1) is 0 Å². The van der Waals surface area contributed by atoms with Gasteiger partial charge in [-0.05, 0) is 31.0 Å². The molecule has 1 saturated heterocycles. The fourth-order valence-corrected chi connectivity index (χ4v) is 3.93. The van der Waals surface area contributed by atoms with Crippen LogP contribution in [0.25, 0.3) is 22.3 Å². The molecule has 1 saturated carbocycles. The first-order chi connectivity index (χ1) is 14.8. The zero-order valence-corrected chi connectivity index (χ0v) is 16.8. The van der Waals surface area contributed by atoms with Crippen molar-refractivity contribution in [2.75, 3.05) is 23.3 Å². The average molecular weight is 427 g/mol. The number of amides is 1. The maximum atomic E-state index is 15.0. The van der Waals surface area contributed by atoms with E-state index in [0.29, 0.717) is 39.7 Å². The Morgan fingerprint density at radius 3 is 2.61 bits per heavy atom. The molecule has 0 atom stereocenters. The van der Waals surface area contributed by atoms with Crippen LogP contribution in [0, 0.1) is 5.82 Å². The first kappa shape index (κ1) is 19.6. The Labute approximate surface area is 176 Å². The normalized spacial score (nSPS) is 17.4. The van der Waals surface area contributed by atoms with E-state index in [4.69, 9.17) is 0 Å². The van der Waals surface area contributed by atoms with Gasteiger partial charge in [0.2, 0.25) is 5.91 Å². The van der Waals surface area contributed by atoms with Crippen LogP contribution >= 0.6 is 0 Å². The van der Waals surface area contributed by atoms with E-state index in [-0.39, 0.29) is 5.91 Å². The molecule has 1 aromatic carbocycles. The summed E-state index contributed by atoms with van der Waals surface area (Å²) >= 11 is 0. The Morgan fingerprint density at radius 1 is 1.16 bits per heavy atom. The molecule has 9 heteroatoms. The molecule has 0 radical (unpaired) electrons. The summed E-state index contributed by atoms with van der Waals surface area (Å²) in [6, 6.07) is 5.31. The van der Waals surface area contributed by atoms with Crippen molar-refractivity contribution in [3.05, 3.63) is 48.8 Å². The number of aromatic nitrogens is 3. The molecule has 0 bridgehead atoms. The van der Waals surface area contributed by atoms with Crippen molar-refractivity contribution in [2.45, 2.75) is 31.7 Å². The molecule has 160 valence electrons. The van der Waals surface area contributed by atoms with Gasteiger partial charge in [0.1, 0.15) is 5.82 Å². The van der Waals surface area contributed by atoms with Gasteiger partial charge < -0.3 is 10.2 Å². The number of nitrogens with zero attached hydrogens (tertiary/aromatic N) is 4. The minimum atomic E-state index is -2.76. The molecule has 0 unspecified atom stereocenters. The van der Waals surface area contributed by atoms with E-state index in [9.17, 15) is 13.6 Å². The number of carbonyl (C=O) groups is 1. The summed E-state index contributed by atoms with van der Waals surface area (Å²) in [4.78, 5) is 17.1. The monoisotopic (exact) mass is 427 g/mol. The third-order valence-corrected chi connectivity index (χ3v) is 5.50. The van der Waals surface area contributed by atoms with Crippen molar-refractivity contribution in [3.63, 3.8) is 0 Å². The second-order valence-electron chi connectivity index (χ2n) is 8.11. The summed E-state index contributed by atoms with van der Waals surface area (Å²) in [6.45, 7) is 0.541. The van der Waals surface area contributed by atoms with Gasteiger partial charge in [0.05, 0.1) is 31.5 Å². The SMILES string of the molecule is CC(=O)Nc1ccc(N2CC(F)(F)C2)c(-c2cncc(F)c2-c2cnn(C3CC3)c2)c1. The van der Waals surface area contributed by atoms with Crippen LogP contribution in [-0.4, -0.2) is 39.7 Å². The smallest absolute Gasteiger partial charge is 0.282 e. The molecular formula is C22H20F3N5O. The Morgan fingerprint density at radius 2 is 1.94 bits per heavy atom. The first-order valence-corrected chi connectivity index (χ1v) is 10.0. The van der Waals surface area contributed by atoms with Crippen LogP contribution in [0.15, 0.2) is 43.0 Å². The lowest BCUT2D eigenvalue weighted by Crippen LogP contribution is -2.56. The van der Waals surface area contributed by atoms with E-state index in [1.54, 1.807) is 30.6 Å². The Balaban J connectivity index is 1.64. The van der Waals surface area contributed by atoms with Gasteiger partial charge >= 0.3 is 0 Å². The second-order valence-corrected chi connectivity index (χ2v) is 8.11. The topological polar surface area (TPSA) is 63.1 Å². The third-order valence-electron chi connectivity index (χ3n) is 5.50. The number of pyridine rings is 1. The second kappa shape index (κ2) is 7.11. The van der Waals surface area contributed by atoms with E-state index >= 15 is 4.39 Å². The van der Waals surface area contributed by atoms with Gasteiger partial charge in [0.25, 0.3) is 5.92 Å². The fraction of sp³-hybridized carbons (Fsp3) is 0.318. The van der Waals surface area contributed by atoms with Crippen molar-refractivity contribution in [3.8, 4) is 22.3 Å². The highest BCUT2D eigenvalue weighted by molar-refractivity contribution is 5.94. The molecule has 2 aliphatic rings. The number of anilines is 2. The molecule has 1 amide bonds. The van der Waals surface area contributed by atoms with Crippen LogP contribution in [0.1, 0.15) is 25.8 Å². The Hall–Kier alpha value is -3.36. The molecule has 3 heterocycles. The quantitative estimate of drug-likeness (QED) is 0.651. The van der Waals surface area contributed by atoms with Gasteiger partial charge in [-0.25, -0.2) is 13.2 Å². The number of carbonyl (C=O) groups excluding carboxylic acids is 1. The van der Waals surface area contributed by atoms with Crippen LogP contribution in [0.5, 0.6) is 0 Å². The molecule has 0 spiro atoms. The van der Waals surface area contributed by atoms with Crippen molar-refractivity contribution in [1.82, 2.24) is 14.8 Å². The van der Waals surface area contributed by atoms with E-state index in [0.717, 1.165) is 19.0 Å². The molecule has 31 heavy (non-hydrogen) atoms. The average Bonchev–Trinajstić information content (AvgIpc) is 3.43. The van der Waals surface area contributed by atoms with Gasteiger partial charge in [-0.3, -0.25) is 14.5 Å². The van der Waals surface area contributed by atoms with E-state index in [1.807, 2.05) is 4.68 Å². The lowest BCUT2D eigenvalue weighted by Gasteiger charge is -2.41. The molecule has 3 aromatic rings. The van der Waals surface area contributed by atoms with E-state index in [2.05, 4.69) is 15.4 Å². The highest BCUT2D eigenvalue weighted by Crippen LogP contribution is 2.43. The molecule has 2 aromatic heterocycles. The summed E-state index contributed by atoms with van der Waals surface area (Å²) in [5.41, 5.74) is 2.88. The molecule has 6 nitrogen and oxygen atoms in total. The fourth-order valence-electron chi connectivity index (χ4n) is 3.93. The third kappa shape index (κ3) is 3.75. The Kier molecular flexibility index (Phi) is 4.49. The number of alkyl halides is 2. The summed E-state index contributed by atoms with van der Waals surface area (Å²) in [6.07, 6.45) is 8.13. The van der Waals surface area contributed by atoms with Crippen LogP contribution < -0.4 is 10.2 Å². The van der Waals surface area contributed by atoms with Crippen LogP contribution in [-0.2, 0) is 4.79 Å². The van der Waals surface area contributed by atoms with Crippen molar-refractivity contribution < 1.29 is 18.0 Å². The van der Waals surface area contributed by atoms with E-state index in [1.165, 1.54) is 18.0 Å². The number of benzene rings is 1. The lowest BCUT2D eigenvalue weighted by molar-refractivity contribution is -0.114. The molecule has 1 aliphatic heterocycles. The maximum Gasteiger partial charge on any atom is 0.282 e. The van der Waals surface area contributed by atoms with Crippen LogP contribution in [0.2, 0.25) is 0 Å². The number of nitrogens with one attached hydrogen (secondary N) is 1. The summed E-state index contributed by atoms with van der Waals surface area (Å²) in [5, 5.41) is 7.05. The highest BCUT2D eigenvalue weighted by Gasteiger charge is 2.44. The standard InChI is InChI=1S/C22H20F3N5O/c1-13(31)28-15-2-5-20(29-11-22(24,25)12-29)17(6-15)18-8-26-9-19(23)21(18)14-7-27-30(10-14)16-3-4-16/h2,5-10,16H,3-4,11-12H2,1H3,(H,28,31). The van der Waals surface area contributed by atoms with Crippen molar-refractivity contribution in [1.29, 1.82) is 0 Å². The van der Waals surface area contributed by atoms with Gasteiger partial charge in [0, 0.05) is 52.9 Å². The Bertz CT molecular complexity index is 1160. The predicted molar refractivity (Wildman–Crippen MR) is 111 cm³/mol. The number of hydrogen-bond acceptors (Lipinski definition) is 4.